The van der Waals surface area contributed by atoms with Gasteiger partial charge in [-0.05, 0) is 44.0 Å². The Bertz CT molecular complexity index is 748. The van der Waals surface area contributed by atoms with Gasteiger partial charge in [-0.3, -0.25) is 4.79 Å². The number of benzene rings is 2. The first-order valence-electron chi connectivity index (χ1n) is 7.67. The molecule has 0 saturated heterocycles. The third-order valence-corrected chi connectivity index (χ3v) is 3.64. The molecule has 2 N–H and O–H groups in total. The Balaban J connectivity index is 2.03. The number of nitrogens with one attached hydrogen (secondary N) is 1. The molecule has 0 aliphatic heterocycles. The molecule has 0 aliphatic rings. The average molecular weight is 327 g/mol. The zero-order chi connectivity index (χ0) is 17.7. The van der Waals surface area contributed by atoms with Crippen molar-refractivity contribution in [3.8, 4) is 5.75 Å². The van der Waals surface area contributed by atoms with Gasteiger partial charge in [0.05, 0.1) is 18.4 Å². The molecule has 0 unspecified atom stereocenters. The molecule has 2 aromatic carbocycles. The van der Waals surface area contributed by atoms with Crippen molar-refractivity contribution in [3.05, 3.63) is 58.7 Å². The van der Waals surface area contributed by atoms with Crippen molar-refractivity contribution in [2.75, 3.05) is 12.4 Å². The summed E-state index contributed by atoms with van der Waals surface area (Å²) in [5.74, 6) is -0.855. The highest BCUT2D eigenvalue weighted by atomic mass is 16.5. The van der Waals surface area contributed by atoms with E-state index in [0.717, 1.165) is 5.56 Å². The molecule has 0 fully saturated rings. The number of hydrogen-bond donors (Lipinski definition) is 2. The van der Waals surface area contributed by atoms with Gasteiger partial charge in [0.15, 0.2) is 0 Å². The minimum atomic E-state index is -1.04. The van der Waals surface area contributed by atoms with Crippen LogP contribution in [0.25, 0.3) is 0 Å². The van der Waals surface area contributed by atoms with Crippen molar-refractivity contribution in [1.29, 1.82) is 0 Å². The van der Waals surface area contributed by atoms with Crippen LogP contribution in [0.2, 0.25) is 0 Å². The van der Waals surface area contributed by atoms with Crippen LogP contribution in [0.3, 0.4) is 0 Å². The van der Waals surface area contributed by atoms with Crippen molar-refractivity contribution in [2.45, 2.75) is 26.7 Å². The van der Waals surface area contributed by atoms with E-state index in [4.69, 9.17) is 9.84 Å². The lowest BCUT2D eigenvalue weighted by atomic mass is 10.0. The molecule has 5 heteroatoms. The molecule has 0 bridgehead atoms. The van der Waals surface area contributed by atoms with Gasteiger partial charge < -0.3 is 15.2 Å². The van der Waals surface area contributed by atoms with Crippen LogP contribution in [0.4, 0.5) is 5.69 Å². The van der Waals surface area contributed by atoms with Crippen LogP contribution in [-0.4, -0.2) is 24.1 Å². The number of anilines is 1. The van der Waals surface area contributed by atoms with Gasteiger partial charge in [0.25, 0.3) is 0 Å². The smallest absolute Gasteiger partial charge is 0.335 e. The molecule has 2 rings (SSSR count). The lowest BCUT2D eigenvalue weighted by Gasteiger charge is -2.11. The van der Waals surface area contributed by atoms with Crippen molar-refractivity contribution in [2.24, 2.45) is 0 Å². The fourth-order valence-electron chi connectivity index (χ4n) is 2.61. The summed E-state index contributed by atoms with van der Waals surface area (Å²) in [6.07, 6.45) is 0.983. The molecule has 0 atom stereocenters. The van der Waals surface area contributed by atoms with Crippen molar-refractivity contribution < 1.29 is 19.4 Å². The number of carbonyl (C=O) groups excluding carboxylic acids is 1. The lowest BCUT2D eigenvalue weighted by Crippen LogP contribution is -2.13. The minimum Gasteiger partial charge on any atom is -0.495 e. The van der Waals surface area contributed by atoms with Gasteiger partial charge in [-0.15, -0.1) is 0 Å². The van der Waals surface area contributed by atoms with Crippen LogP contribution in [0.1, 0.15) is 33.5 Å². The molecule has 0 spiro atoms. The van der Waals surface area contributed by atoms with E-state index in [-0.39, 0.29) is 11.5 Å². The van der Waals surface area contributed by atoms with Crippen LogP contribution < -0.4 is 10.1 Å². The molecular weight excluding hydrogens is 306 g/mol. The normalized spacial score (nSPS) is 10.3. The number of carboxylic acid groups (broad SMARTS) is 1. The number of aryl methyl sites for hydroxylation is 3. The lowest BCUT2D eigenvalue weighted by molar-refractivity contribution is -0.116. The van der Waals surface area contributed by atoms with E-state index in [0.29, 0.717) is 24.3 Å². The van der Waals surface area contributed by atoms with Crippen LogP contribution in [-0.2, 0) is 11.2 Å². The summed E-state index contributed by atoms with van der Waals surface area (Å²) in [6, 6.07) is 10.6. The zero-order valence-electron chi connectivity index (χ0n) is 14.1. The molecule has 0 aromatic heterocycles. The number of carbonyl (C=O) groups is 2. The standard InChI is InChI=1S/C19H21NO4/c1-12-8-13(2)10-14(9-12)4-7-18(21)20-16-6-5-15(19(22)23)11-17(16)24-3/h5-6,8-11H,4,7H2,1-3H3,(H,20,21)(H,22,23). The molecule has 24 heavy (non-hydrogen) atoms. The Morgan fingerprint density at radius 3 is 2.33 bits per heavy atom. The van der Waals surface area contributed by atoms with Crippen molar-refractivity contribution in [1.82, 2.24) is 0 Å². The van der Waals surface area contributed by atoms with E-state index >= 15 is 0 Å². The fourth-order valence-corrected chi connectivity index (χ4v) is 2.61. The average Bonchev–Trinajstić information content (AvgIpc) is 2.52. The highest BCUT2D eigenvalue weighted by molar-refractivity contribution is 5.94. The van der Waals surface area contributed by atoms with E-state index in [1.54, 1.807) is 0 Å². The highest BCUT2D eigenvalue weighted by Gasteiger charge is 2.11. The number of methoxy groups -OCH3 is 1. The molecule has 0 saturated carbocycles. The fraction of sp³-hybridized carbons (Fsp3) is 0.263. The Morgan fingerprint density at radius 2 is 1.75 bits per heavy atom. The number of hydrogen-bond acceptors (Lipinski definition) is 3. The molecular formula is C19H21NO4. The molecule has 1 amide bonds. The van der Waals surface area contributed by atoms with Gasteiger partial charge >= 0.3 is 5.97 Å². The molecule has 5 nitrogen and oxygen atoms in total. The minimum absolute atomic E-state index is 0.111. The third-order valence-electron chi connectivity index (χ3n) is 3.64. The SMILES string of the molecule is COc1cc(C(=O)O)ccc1NC(=O)CCc1cc(C)cc(C)c1. The Hall–Kier alpha value is -2.82. The Morgan fingerprint density at radius 1 is 1.08 bits per heavy atom. The zero-order valence-corrected chi connectivity index (χ0v) is 14.1. The van der Waals surface area contributed by atoms with E-state index in [1.807, 2.05) is 13.8 Å². The topological polar surface area (TPSA) is 75.6 Å². The maximum absolute atomic E-state index is 12.2. The summed E-state index contributed by atoms with van der Waals surface area (Å²) >= 11 is 0. The number of rotatable bonds is 6. The van der Waals surface area contributed by atoms with Gasteiger partial charge in [-0.2, -0.15) is 0 Å². The molecule has 0 radical (unpaired) electrons. The predicted molar refractivity (Wildman–Crippen MR) is 92.8 cm³/mol. The molecule has 0 heterocycles. The maximum Gasteiger partial charge on any atom is 0.335 e. The molecule has 126 valence electrons. The molecule has 0 aliphatic carbocycles. The quantitative estimate of drug-likeness (QED) is 0.850. The van der Waals surface area contributed by atoms with Gasteiger partial charge in [-0.25, -0.2) is 4.79 Å². The number of ether oxygens (including phenoxy) is 1. The maximum atomic E-state index is 12.2. The third kappa shape index (κ3) is 4.59. The Labute approximate surface area is 141 Å². The van der Waals surface area contributed by atoms with Gasteiger partial charge in [0, 0.05) is 6.42 Å². The van der Waals surface area contributed by atoms with E-state index < -0.39 is 5.97 Å². The van der Waals surface area contributed by atoms with Gasteiger partial charge in [0.1, 0.15) is 5.75 Å². The van der Waals surface area contributed by atoms with Crippen LogP contribution in [0.15, 0.2) is 36.4 Å². The largest absolute Gasteiger partial charge is 0.495 e. The second-order valence-electron chi connectivity index (χ2n) is 5.76. The number of aromatic carboxylic acids is 1. The van der Waals surface area contributed by atoms with Crippen molar-refractivity contribution in [3.63, 3.8) is 0 Å². The van der Waals surface area contributed by atoms with E-state index in [9.17, 15) is 9.59 Å². The number of amides is 1. The van der Waals surface area contributed by atoms with Crippen molar-refractivity contribution >= 4 is 17.6 Å². The second-order valence-corrected chi connectivity index (χ2v) is 5.76. The Kier molecular flexibility index (Phi) is 5.58. The highest BCUT2D eigenvalue weighted by Crippen LogP contribution is 2.26. The summed E-state index contributed by atoms with van der Waals surface area (Å²) < 4.78 is 5.15. The van der Waals surface area contributed by atoms with Crippen LogP contribution in [0.5, 0.6) is 5.75 Å². The first kappa shape index (κ1) is 17.5. The van der Waals surface area contributed by atoms with Gasteiger partial charge in [0.2, 0.25) is 5.91 Å². The monoisotopic (exact) mass is 327 g/mol. The second kappa shape index (κ2) is 7.64. The van der Waals surface area contributed by atoms with E-state index in [2.05, 4.69) is 23.5 Å². The summed E-state index contributed by atoms with van der Waals surface area (Å²) in [6.45, 7) is 4.07. The summed E-state index contributed by atoms with van der Waals surface area (Å²) in [5, 5.41) is 11.8. The first-order valence-corrected chi connectivity index (χ1v) is 7.67. The predicted octanol–water partition coefficient (Wildman–Crippen LogP) is 3.58. The van der Waals surface area contributed by atoms with Crippen LogP contribution in [0, 0.1) is 13.8 Å². The summed E-state index contributed by atoms with van der Waals surface area (Å²) in [5.41, 5.74) is 4.05. The number of carboxylic acids is 1. The molecule has 2 aromatic rings. The first-order chi connectivity index (χ1) is 11.4. The van der Waals surface area contributed by atoms with Crippen LogP contribution >= 0.6 is 0 Å². The summed E-state index contributed by atoms with van der Waals surface area (Å²) in [7, 11) is 1.44. The van der Waals surface area contributed by atoms with E-state index in [1.165, 1.54) is 36.4 Å². The van der Waals surface area contributed by atoms with Gasteiger partial charge in [-0.1, -0.05) is 29.3 Å². The summed E-state index contributed by atoms with van der Waals surface area (Å²) in [4.78, 5) is 23.1.